The van der Waals surface area contributed by atoms with Crippen molar-refractivity contribution in [2.24, 2.45) is 0 Å². The van der Waals surface area contributed by atoms with E-state index < -0.39 is 0 Å². The molecule has 0 radical (unpaired) electrons. The third-order valence-corrected chi connectivity index (χ3v) is 3.39. The summed E-state index contributed by atoms with van der Waals surface area (Å²) in [4.78, 5) is 12.1. The molecule has 21 heavy (non-hydrogen) atoms. The molecule has 106 valence electrons. The van der Waals surface area contributed by atoms with Crippen LogP contribution in [0.2, 0.25) is 0 Å². The van der Waals surface area contributed by atoms with Crippen molar-refractivity contribution in [1.82, 2.24) is 15.5 Å². The second-order valence-corrected chi connectivity index (χ2v) is 4.94. The second-order valence-electron chi connectivity index (χ2n) is 4.94. The summed E-state index contributed by atoms with van der Waals surface area (Å²) in [5.74, 6) is -0.465. The van der Waals surface area contributed by atoms with Crippen molar-refractivity contribution in [1.29, 1.82) is 0 Å². The molecular formula is C16H14FN3O. The number of aryl methyl sites for hydroxylation is 1. The molecule has 0 fully saturated rings. The van der Waals surface area contributed by atoms with E-state index in [2.05, 4.69) is 15.5 Å². The quantitative estimate of drug-likeness (QED) is 0.776. The lowest BCUT2D eigenvalue weighted by molar-refractivity contribution is 0.0951. The molecule has 0 saturated carbocycles. The summed E-state index contributed by atoms with van der Waals surface area (Å²) in [6.45, 7) is 1.99. The highest BCUT2D eigenvalue weighted by Gasteiger charge is 2.07. The molecule has 1 heterocycles. The van der Waals surface area contributed by atoms with Crippen LogP contribution in [0.1, 0.15) is 21.5 Å². The van der Waals surface area contributed by atoms with Crippen LogP contribution in [0.25, 0.3) is 10.9 Å². The maximum atomic E-state index is 13.4. The molecule has 0 aliphatic heterocycles. The van der Waals surface area contributed by atoms with Gasteiger partial charge in [-0.15, -0.1) is 0 Å². The van der Waals surface area contributed by atoms with E-state index in [0.29, 0.717) is 11.1 Å². The third kappa shape index (κ3) is 2.76. The van der Waals surface area contributed by atoms with Gasteiger partial charge in [-0.05, 0) is 36.2 Å². The molecule has 1 amide bonds. The van der Waals surface area contributed by atoms with Crippen LogP contribution in [0.15, 0.2) is 42.6 Å². The van der Waals surface area contributed by atoms with E-state index in [-0.39, 0.29) is 18.3 Å². The molecule has 0 bridgehead atoms. The van der Waals surface area contributed by atoms with Crippen LogP contribution in [-0.2, 0) is 6.54 Å². The number of fused-ring (bicyclic) bond motifs is 1. The van der Waals surface area contributed by atoms with Gasteiger partial charge in [0.2, 0.25) is 0 Å². The van der Waals surface area contributed by atoms with Gasteiger partial charge in [0, 0.05) is 17.5 Å². The molecule has 2 aromatic carbocycles. The number of amides is 1. The highest BCUT2D eigenvalue weighted by atomic mass is 19.1. The van der Waals surface area contributed by atoms with Gasteiger partial charge in [0.25, 0.3) is 5.91 Å². The van der Waals surface area contributed by atoms with Crippen molar-refractivity contribution in [3.63, 3.8) is 0 Å². The number of H-pyrrole nitrogens is 1. The molecule has 0 unspecified atom stereocenters. The average molecular weight is 283 g/mol. The first-order chi connectivity index (χ1) is 10.1. The zero-order valence-electron chi connectivity index (χ0n) is 11.5. The SMILES string of the molecule is Cc1ccc(CNC(=O)c2ccc3cn[nH]c3c2)cc1F. The Morgan fingerprint density at radius 2 is 2.14 bits per heavy atom. The van der Waals surface area contributed by atoms with E-state index in [9.17, 15) is 9.18 Å². The van der Waals surface area contributed by atoms with E-state index in [1.54, 1.807) is 37.4 Å². The van der Waals surface area contributed by atoms with Gasteiger partial charge in [0.05, 0.1) is 11.7 Å². The predicted molar refractivity (Wildman–Crippen MR) is 78.4 cm³/mol. The summed E-state index contributed by atoms with van der Waals surface area (Å²) >= 11 is 0. The molecule has 2 N–H and O–H groups in total. The Hall–Kier alpha value is -2.69. The molecule has 0 spiro atoms. The van der Waals surface area contributed by atoms with Crippen LogP contribution in [0.5, 0.6) is 0 Å². The lowest BCUT2D eigenvalue weighted by Crippen LogP contribution is -2.22. The molecule has 1 aromatic heterocycles. The first-order valence-corrected chi connectivity index (χ1v) is 6.60. The van der Waals surface area contributed by atoms with Gasteiger partial charge in [-0.2, -0.15) is 5.10 Å². The number of hydrogen-bond donors (Lipinski definition) is 2. The van der Waals surface area contributed by atoms with Crippen LogP contribution >= 0.6 is 0 Å². The smallest absolute Gasteiger partial charge is 0.251 e. The van der Waals surface area contributed by atoms with Gasteiger partial charge >= 0.3 is 0 Å². The Morgan fingerprint density at radius 3 is 2.95 bits per heavy atom. The van der Waals surface area contributed by atoms with Crippen molar-refractivity contribution < 1.29 is 9.18 Å². The highest BCUT2D eigenvalue weighted by Crippen LogP contribution is 2.13. The largest absolute Gasteiger partial charge is 0.348 e. The minimum Gasteiger partial charge on any atom is -0.348 e. The number of rotatable bonds is 3. The molecule has 4 nitrogen and oxygen atoms in total. The number of benzene rings is 2. The maximum Gasteiger partial charge on any atom is 0.251 e. The lowest BCUT2D eigenvalue weighted by atomic mass is 10.1. The fourth-order valence-corrected chi connectivity index (χ4v) is 2.11. The fraction of sp³-hybridized carbons (Fsp3) is 0.125. The minimum absolute atomic E-state index is 0.201. The summed E-state index contributed by atoms with van der Waals surface area (Å²) in [7, 11) is 0. The molecular weight excluding hydrogens is 269 g/mol. The molecule has 0 saturated heterocycles. The fourth-order valence-electron chi connectivity index (χ4n) is 2.11. The number of nitrogens with one attached hydrogen (secondary N) is 2. The Kier molecular flexibility index (Phi) is 3.39. The standard InChI is InChI=1S/C16H14FN3O/c1-10-2-3-11(6-14(10)17)8-18-16(21)12-4-5-13-9-19-20-15(13)7-12/h2-7,9H,8H2,1H3,(H,18,21)(H,19,20). The van der Waals surface area contributed by atoms with Crippen LogP contribution in [-0.4, -0.2) is 16.1 Å². The molecule has 3 rings (SSSR count). The van der Waals surface area contributed by atoms with Crippen molar-refractivity contribution in [2.75, 3.05) is 0 Å². The van der Waals surface area contributed by atoms with E-state index in [0.717, 1.165) is 16.5 Å². The van der Waals surface area contributed by atoms with E-state index in [4.69, 9.17) is 0 Å². The van der Waals surface area contributed by atoms with Crippen LogP contribution in [0.3, 0.4) is 0 Å². The maximum absolute atomic E-state index is 13.4. The third-order valence-electron chi connectivity index (χ3n) is 3.39. The van der Waals surface area contributed by atoms with E-state index >= 15 is 0 Å². The van der Waals surface area contributed by atoms with Crippen molar-refractivity contribution in [3.05, 3.63) is 65.1 Å². The van der Waals surface area contributed by atoms with Gasteiger partial charge in [0.15, 0.2) is 0 Å². The first-order valence-electron chi connectivity index (χ1n) is 6.60. The van der Waals surface area contributed by atoms with Crippen molar-refractivity contribution >= 4 is 16.8 Å². The van der Waals surface area contributed by atoms with E-state index in [1.165, 1.54) is 6.07 Å². The Bertz CT molecular complexity index is 810. The lowest BCUT2D eigenvalue weighted by Gasteiger charge is -2.06. The van der Waals surface area contributed by atoms with Crippen molar-refractivity contribution in [3.8, 4) is 0 Å². The van der Waals surface area contributed by atoms with Crippen LogP contribution < -0.4 is 5.32 Å². The van der Waals surface area contributed by atoms with E-state index in [1.807, 2.05) is 6.07 Å². The van der Waals surface area contributed by atoms with Crippen LogP contribution in [0, 0.1) is 12.7 Å². The topological polar surface area (TPSA) is 57.8 Å². The second kappa shape index (κ2) is 5.36. The summed E-state index contributed by atoms with van der Waals surface area (Å²) in [6, 6.07) is 10.3. The zero-order chi connectivity index (χ0) is 14.8. The number of aromatic amines is 1. The summed E-state index contributed by atoms with van der Waals surface area (Å²) in [5.41, 5.74) is 2.67. The molecule has 0 aliphatic rings. The number of aromatic nitrogens is 2. The predicted octanol–water partition coefficient (Wildman–Crippen LogP) is 2.94. The highest BCUT2D eigenvalue weighted by molar-refractivity contribution is 5.97. The molecule has 5 heteroatoms. The number of carbonyl (C=O) groups excluding carboxylic acids is 1. The Labute approximate surface area is 121 Å². The van der Waals surface area contributed by atoms with Crippen LogP contribution in [0.4, 0.5) is 4.39 Å². The van der Waals surface area contributed by atoms with Gasteiger partial charge in [-0.25, -0.2) is 4.39 Å². The van der Waals surface area contributed by atoms with Gasteiger partial charge in [0.1, 0.15) is 5.82 Å². The normalized spacial score (nSPS) is 10.8. The number of halogens is 1. The first kappa shape index (κ1) is 13.3. The number of carbonyl (C=O) groups is 1. The summed E-state index contributed by atoms with van der Waals surface area (Å²) in [6.07, 6.45) is 1.70. The summed E-state index contributed by atoms with van der Waals surface area (Å²) < 4.78 is 13.4. The molecule has 0 atom stereocenters. The zero-order valence-corrected chi connectivity index (χ0v) is 11.5. The van der Waals surface area contributed by atoms with Gasteiger partial charge in [-0.1, -0.05) is 18.2 Å². The summed E-state index contributed by atoms with van der Waals surface area (Å²) in [5, 5.41) is 10.5. The number of hydrogen-bond acceptors (Lipinski definition) is 2. The number of nitrogens with zero attached hydrogens (tertiary/aromatic N) is 1. The van der Waals surface area contributed by atoms with Gasteiger partial charge in [-0.3, -0.25) is 9.89 Å². The Balaban J connectivity index is 1.72. The average Bonchev–Trinajstić information content (AvgIpc) is 2.95. The minimum atomic E-state index is -0.263. The van der Waals surface area contributed by atoms with Gasteiger partial charge < -0.3 is 5.32 Å². The molecule has 3 aromatic rings. The molecule has 0 aliphatic carbocycles. The van der Waals surface area contributed by atoms with Crippen molar-refractivity contribution in [2.45, 2.75) is 13.5 Å². The monoisotopic (exact) mass is 283 g/mol. The Morgan fingerprint density at radius 1 is 1.29 bits per heavy atom.